The van der Waals surface area contributed by atoms with E-state index in [1.807, 2.05) is 0 Å². The zero-order valence-electron chi connectivity index (χ0n) is 14.7. The second-order valence-electron chi connectivity index (χ2n) is 6.57. The fourth-order valence-electron chi connectivity index (χ4n) is 3.90. The molecule has 3 heterocycles. The van der Waals surface area contributed by atoms with E-state index in [-0.39, 0.29) is 13.4 Å². The summed E-state index contributed by atoms with van der Waals surface area (Å²) in [6, 6.07) is 6.59. The number of hydrogen-bond donors (Lipinski definition) is 2. The number of ether oxygens (including phenoxy) is 6. The lowest BCUT2D eigenvalue weighted by Gasteiger charge is -2.47. The smallest absolute Gasteiger partial charge is 0.231 e. The Morgan fingerprint density at radius 3 is 2.56 bits per heavy atom. The number of aliphatic hydroxyl groups excluding tert-OH is 1. The maximum absolute atomic E-state index is 11.6. The first-order valence-corrected chi connectivity index (χ1v) is 8.46. The number of rotatable bonds is 2. The highest BCUT2D eigenvalue weighted by atomic mass is 16.7. The Hall–Kier alpha value is -2.84. The van der Waals surface area contributed by atoms with E-state index >= 15 is 0 Å². The summed E-state index contributed by atoms with van der Waals surface area (Å²) in [7, 11) is 3.00. The average Bonchev–Trinajstić information content (AvgIpc) is 3.14. The summed E-state index contributed by atoms with van der Waals surface area (Å²) in [5.41, 5.74) is -0.936. The van der Waals surface area contributed by atoms with E-state index < -0.39 is 17.8 Å². The van der Waals surface area contributed by atoms with Gasteiger partial charge in [-0.25, -0.2) is 0 Å². The summed E-state index contributed by atoms with van der Waals surface area (Å²) < 4.78 is 33.3. The van der Waals surface area contributed by atoms with Gasteiger partial charge >= 0.3 is 0 Å². The number of benzene rings is 2. The maximum atomic E-state index is 11.6. The summed E-state index contributed by atoms with van der Waals surface area (Å²) in [6.45, 7) is 0.138. The van der Waals surface area contributed by atoms with Gasteiger partial charge in [-0.05, 0) is 18.2 Å². The van der Waals surface area contributed by atoms with Crippen molar-refractivity contribution >= 4 is 0 Å². The van der Waals surface area contributed by atoms with Crippen LogP contribution in [0, 0.1) is 0 Å². The Bertz CT molecular complexity index is 926. The molecule has 2 aromatic carbocycles. The van der Waals surface area contributed by atoms with Gasteiger partial charge in [0.15, 0.2) is 34.7 Å². The van der Waals surface area contributed by atoms with Crippen LogP contribution in [-0.2, 0) is 5.60 Å². The maximum Gasteiger partial charge on any atom is 0.231 e. The lowest BCUT2D eigenvalue weighted by atomic mass is 9.76. The molecule has 0 radical (unpaired) electrons. The van der Waals surface area contributed by atoms with Crippen molar-refractivity contribution in [2.45, 2.75) is 17.8 Å². The first kappa shape index (κ1) is 16.3. The minimum Gasteiger partial charge on any atom is -0.493 e. The Morgan fingerprint density at radius 2 is 1.81 bits per heavy atom. The third kappa shape index (κ3) is 2.05. The number of hydrogen-bond acceptors (Lipinski definition) is 8. The summed E-state index contributed by atoms with van der Waals surface area (Å²) in [5.74, 6) is 2.59. The van der Waals surface area contributed by atoms with E-state index in [9.17, 15) is 10.2 Å². The third-order valence-electron chi connectivity index (χ3n) is 5.29. The largest absolute Gasteiger partial charge is 0.493 e. The van der Waals surface area contributed by atoms with Gasteiger partial charge in [0.25, 0.3) is 0 Å². The van der Waals surface area contributed by atoms with E-state index in [4.69, 9.17) is 28.4 Å². The van der Waals surface area contributed by atoms with Gasteiger partial charge in [-0.1, -0.05) is 0 Å². The number of fused-ring (bicyclic) bond motifs is 5. The minimum atomic E-state index is -1.72. The van der Waals surface area contributed by atoms with E-state index in [0.717, 1.165) is 0 Å². The molecule has 0 saturated carbocycles. The van der Waals surface area contributed by atoms with E-state index in [2.05, 4.69) is 0 Å². The highest BCUT2D eigenvalue weighted by Gasteiger charge is 2.56. The summed E-state index contributed by atoms with van der Waals surface area (Å²) in [4.78, 5) is 0. The molecule has 0 saturated heterocycles. The molecule has 8 nitrogen and oxygen atoms in total. The second kappa shape index (κ2) is 5.58. The molecule has 3 atom stereocenters. The molecule has 0 spiro atoms. The minimum absolute atomic E-state index is 0.0417. The number of aliphatic hydroxyl groups is 2. The van der Waals surface area contributed by atoms with Crippen LogP contribution in [0.4, 0.5) is 0 Å². The molecule has 0 amide bonds. The van der Waals surface area contributed by atoms with Crippen molar-refractivity contribution in [1.82, 2.24) is 0 Å². The molecule has 142 valence electrons. The first-order chi connectivity index (χ1) is 13.1. The molecule has 0 bridgehead atoms. The molecule has 0 unspecified atom stereocenters. The standard InChI is InChI=1S/C19H18O8/c1-22-11-4-3-9-16(17(11)23-2)27-15-7-24-12-6-14-13(25-8-26-14)5-10(12)19(15,21)18(9)20/h3-6,15,18,20-21H,7-8H2,1-2H3/t15-,18-,19+/m1/s1. The quantitative estimate of drug-likeness (QED) is 0.817. The summed E-state index contributed by atoms with van der Waals surface area (Å²) in [5, 5.41) is 22.7. The van der Waals surface area contributed by atoms with Gasteiger partial charge in [-0.3, -0.25) is 0 Å². The van der Waals surface area contributed by atoms with Crippen LogP contribution in [0.2, 0.25) is 0 Å². The van der Waals surface area contributed by atoms with Gasteiger partial charge in [-0.2, -0.15) is 0 Å². The fourth-order valence-corrected chi connectivity index (χ4v) is 3.90. The zero-order valence-corrected chi connectivity index (χ0v) is 14.7. The molecule has 0 fully saturated rings. The normalized spacial score (nSPS) is 26.8. The Balaban J connectivity index is 1.68. The van der Waals surface area contributed by atoms with Crippen molar-refractivity contribution in [1.29, 1.82) is 0 Å². The van der Waals surface area contributed by atoms with Gasteiger partial charge in [0.2, 0.25) is 12.5 Å². The highest BCUT2D eigenvalue weighted by molar-refractivity contribution is 5.61. The van der Waals surface area contributed by atoms with Crippen LogP contribution < -0.4 is 28.4 Å². The van der Waals surface area contributed by atoms with Crippen molar-refractivity contribution in [3.05, 3.63) is 35.4 Å². The van der Waals surface area contributed by atoms with Crippen LogP contribution in [0.25, 0.3) is 0 Å². The van der Waals surface area contributed by atoms with E-state index in [1.165, 1.54) is 14.2 Å². The Morgan fingerprint density at radius 1 is 1.04 bits per heavy atom. The lowest BCUT2D eigenvalue weighted by molar-refractivity contribution is -0.179. The monoisotopic (exact) mass is 374 g/mol. The van der Waals surface area contributed by atoms with Gasteiger partial charge in [0, 0.05) is 17.2 Å². The molecule has 2 N–H and O–H groups in total. The molecule has 0 aliphatic carbocycles. The number of methoxy groups -OCH3 is 2. The van der Waals surface area contributed by atoms with E-state index in [0.29, 0.717) is 45.6 Å². The van der Waals surface area contributed by atoms with Crippen LogP contribution in [0.1, 0.15) is 17.2 Å². The fraction of sp³-hybridized carbons (Fsp3) is 0.368. The van der Waals surface area contributed by atoms with Crippen LogP contribution in [0.5, 0.6) is 34.5 Å². The van der Waals surface area contributed by atoms with Gasteiger partial charge in [0.05, 0.1) is 14.2 Å². The van der Waals surface area contributed by atoms with Crippen LogP contribution >= 0.6 is 0 Å². The van der Waals surface area contributed by atoms with Crippen LogP contribution in [-0.4, -0.2) is 43.9 Å². The molecule has 8 heteroatoms. The van der Waals surface area contributed by atoms with Gasteiger partial charge in [0.1, 0.15) is 18.5 Å². The summed E-state index contributed by atoms with van der Waals surface area (Å²) >= 11 is 0. The van der Waals surface area contributed by atoms with Gasteiger partial charge < -0.3 is 38.6 Å². The van der Waals surface area contributed by atoms with E-state index in [1.54, 1.807) is 24.3 Å². The molecule has 5 rings (SSSR count). The van der Waals surface area contributed by atoms with Gasteiger partial charge in [-0.15, -0.1) is 0 Å². The van der Waals surface area contributed by atoms with Crippen LogP contribution in [0.3, 0.4) is 0 Å². The molecule has 0 aromatic heterocycles. The third-order valence-corrected chi connectivity index (χ3v) is 5.29. The lowest BCUT2D eigenvalue weighted by Crippen LogP contribution is -2.55. The molecule has 3 aliphatic heterocycles. The highest BCUT2D eigenvalue weighted by Crippen LogP contribution is 2.56. The molecular weight excluding hydrogens is 356 g/mol. The van der Waals surface area contributed by atoms with Crippen molar-refractivity contribution in [2.75, 3.05) is 27.6 Å². The second-order valence-corrected chi connectivity index (χ2v) is 6.57. The van der Waals surface area contributed by atoms with Crippen molar-refractivity contribution in [3.63, 3.8) is 0 Å². The predicted octanol–water partition coefficient (Wildman–Crippen LogP) is 1.51. The molecule has 2 aromatic rings. The summed E-state index contributed by atoms with van der Waals surface area (Å²) in [6.07, 6.45) is -2.12. The Labute approximate surface area is 154 Å². The molecule has 27 heavy (non-hydrogen) atoms. The average molecular weight is 374 g/mol. The first-order valence-electron chi connectivity index (χ1n) is 8.46. The van der Waals surface area contributed by atoms with Crippen molar-refractivity contribution < 1.29 is 38.6 Å². The predicted molar refractivity (Wildman–Crippen MR) is 90.9 cm³/mol. The zero-order chi connectivity index (χ0) is 18.8. The van der Waals surface area contributed by atoms with Crippen molar-refractivity contribution in [2.24, 2.45) is 0 Å². The molecule has 3 aliphatic rings. The van der Waals surface area contributed by atoms with Crippen LogP contribution in [0.15, 0.2) is 24.3 Å². The Kier molecular flexibility index (Phi) is 3.38. The molecular formula is C19H18O8. The topological polar surface area (TPSA) is 95.8 Å². The SMILES string of the molecule is COc1ccc2c(c1OC)O[C@@H]1COc3cc4c(cc3[C@@]1(O)[C@@H]2O)OCO4. The van der Waals surface area contributed by atoms with Crippen molar-refractivity contribution in [3.8, 4) is 34.5 Å².